The molecule has 0 aromatic heterocycles. The van der Waals surface area contributed by atoms with Crippen LogP contribution in [0.5, 0.6) is 0 Å². The summed E-state index contributed by atoms with van der Waals surface area (Å²) < 4.78 is 18.7. The van der Waals surface area contributed by atoms with Crippen LogP contribution >= 0.6 is 0 Å². The first-order valence-corrected chi connectivity index (χ1v) is 9.19. The number of allylic oxidation sites excluding steroid dienone is 1. The predicted molar refractivity (Wildman–Crippen MR) is 101 cm³/mol. The van der Waals surface area contributed by atoms with Crippen molar-refractivity contribution >= 4 is 11.9 Å². The summed E-state index contributed by atoms with van der Waals surface area (Å²) in [5.74, 6) is 0.0984. The van der Waals surface area contributed by atoms with Gasteiger partial charge in [-0.1, -0.05) is 26.0 Å². The van der Waals surface area contributed by atoms with Crippen molar-refractivity contribution in [3.8, 4) is 0 Å². The molecule has 1 N–H and O–H groups in total. The van der Waals surface area contributed by atoms with Gasteiger partial charge in [0.15, 0.2) is 5.96 Å². The predicted octanol–water partition coefficient (Wildman–Crippen LogP) is 3.64. The maximum Gasteiger partial charge on any atom is 0.338 e. The largest absolute Gasteiger partial charge is 0.463 e. The highest BCUT2D eigenvalue weighted by Gasteiger charge is 2.33. The number of nitrogens with one attached hydrogen (secondary N) is 1. The fraction of sp³-hybridized carbons (Fsp3) is 0.500. The van der Waals surface area contributed by atoms with E-state index in [0.717, 1.165) is 30.3 Å². The second-order valence-electron chi connectivity index (χ2n) is 6.41. The van der Waals surface area contributed by atoms with Gasteiger partial charge < -0.3 is 15.0 Å². The number of ether oxygens (including phenoxy) is 1. The van der Waals surface area contributed by atoms with Crippen molar-refractivity contribution in [2.24, 2.45) is 10.9 Å². The first kappa shape index (κ1) is 19.9. The van der Waals surface area contributed by atoms with Gasteiger partial charge in [0.2, 0.25) is 0 Å². The zero-order chi connectivity index (χ0) is 19.3. The minimum absolute atomic E-state index is 0.0819. The van der Waals surface area contributed by atoms with Gasteiger partial charge in [0.05, 0.1) is 12.2 Å². The molecule has 0 fully saturated rings. The Morgan fingerprint density at radius 3 is 2.35 bits per heavy atom. The molecule has 5 nitrogen and oxygen atoms in total. The summed E-state index contributed by atoms with van der Waals surface area (Å²) in [6.45, 7) is 11.8. The van der Waals surface area contributed by atoms with Crippen LogP contribution in [0.3, 0.4) is 0 Å². The summed E-state index contributed by atoms with van der Waals surface area (Å²) in [7, 11) is 0. The molecule has 0 aliphatic carbocycles. The summed E-state index contributed by atoms with van der Waals surface area (Å²) in [4.78, 5) is 19.6. The van der Waals surface area contributed by atoms with Crippen LogP contribution < -0.4 is 5.32 Å². The molecule has 0 saturated heterocycles. The van der Waals surface area contributed by atoms with Crippen molar-refractivity contribution in [2.75, 3.05) is 19.7 Å². The normalized spacial score (nSPS) is 17.0. The number of guanidine groups is 1. The van der Waals surface area contributed by atoms with Crippen molar-refractivity contribution in [3.05, 3.63) is 46.9 Å². The Bertz CT molecular complexity index is 692. The summed E-state index contributed by atoms with van der Waals surface area (Å²) in [5, 5.41) is 3.34. The second-order valence-corrected chi connectivity index (χ2v) is 6.41. The molecule has 1 heterocycles. The van der Waals surface area contributed by atoms with E-state index < -0.39 is 6.04 Å². The van der Waals surface area contributed by atoms with E-state index in [-0.39, 0.29) is 24.3 Å². The summed E-state index contributed by atoms with van der Waals surface area (Å²) in [6.07, 6.45) is 0. The van der Waals surface area contributed by atoms with Gasteiger partial charge in [0, 0.05) is 18.8 Å². The average molecular weight is 361 g/mol. The molecule has 26 heavy (non-hydrogen) atoms. The maximum absolute atomic E-state index is 13.4. The average Bonchev–Trinajstić information content (AvgIpc) is 2.62. The monoisotopic (exact) mass is 361 g/mol. The van der Waals surface area contributed by atoms with E-state index in [1.165, 1.54) is 12.1 Å². The number of hydrogen-bond donors (Lipinski definition) is 1. The first-order chi connectivity index (χ1) is 12.4. The lowest BCUT2D eigenvalue weighted by atomic mass is 9.92. The quantitative estimate of drug-likeness (QED) is 0.786. The Balaban J connectivity index is 2.59. The van der Waals surface area contributed by atoms with Crippen molar-refractivity contribution < 1.29 is 13.9 Å². The van der Waals surface area contributed by atoms with Crippen molar-refractivity contribution in [1.29, 1.82) is 0 Å². The minimum atomic E-state index is -0.524. The molecule has 0 spiro atoms. The third kappa shape index (κ3) is 4.23. The Labute approximate surface area is 154 Å². The number of aliphatic imine (C=N–C) groups is 1. The number of nitrogens with zero attached hydrogens (tertiary/aromatic N) is 2. The molecule has 0 amide bonds. The number of halogens is 1. The SMILES string of the molecule is CCOC(=O)C1=C(C(C)C)NC(N(CC)CC)=NC1c1ccc(F)cc1. The van der Waals surface area contributed by atoms with E-state index in [9.17, 15) is 9.18 Å². The first-order valence-electron chi connectivity index (χ1n) is 9.19. The Morgan fingerprint density at radius 2 is 1.85 bits per heavy atom. The van der Waals surface area contributed by atoms with Crippen LogP contribution in [0.1, 0.15) is 46.2 Å². The van der Waals surface area contributed by atoms with E-state index in [4.69, 9.17) is 9.73 Å². The smallest absolute Gasteiger partial charge is 0.338 e. The summed E-state index contributed by atoms with van der Waals surface area (Å²) in [5.41, 5.74) is 2.05. The molecule has 0 bridgehead atoms. The van der Waals surface area contributed by atoms with Gasteiger partial charge in [-0.15, -0.1) is 0 Å². The van der Waals surface area contributed by atoms with E-state index in [1.54, 1.807) is 19.1 Å². The van der Waals surface area contributed by atoms with E-state index in [2.05, 4.69) is 24.1 Å². The molecule has 1 aromatic rings. The molecule has 0 radical (unpaired) electrons. The second kappa shape index (κ2) is 8.83. The fourth-order valence-corrected chi connectivity index (χ4v) is 3.01. The molecule has 6 heteroatoms. The van der Waals surface area contributed by atoms with Gasteiger partial charge in [-0.25, -0.2) is 14.2 Å². The number of esters is 1. The molecule has 2 rings (SSSR count). The molecular formula is C20H28FN3O2. The van der Waals surface area contributed by atoms with Crippen LogP contribution in [-0.2, 0) is 9.53 Å². The highest BCUT2D eigenvalue weighted by atomic mass is 19.1. The molecular weight excluding hydrogens is 333 g/mol. The van der Waals surface area contributed by atoms with Crippen LogP contribution in [0.2, 0.25) is 0 Å². The minimum Gasteiger partial charge on any atom is -0.463 e. The van der Waals surface area contributed by atoms with Gasteiger partial charge in [-0.2, -0.15) is 0 Å². The van der Waals surface area contributed by atoms with Crippen LogP contribution in [0.25, 0.3) is 0 Å². The van der Waals surface area contributed by atoms with Crippen LogP contribution in [0, 0.1) is 11.7 Å². The molecule has 142 valence electrons. The number of carbonyl (C=O) groups excluding carboxylic acids is 1. The zero-order valence-electron chi connectivity index (χ0n) is 16.2. The molecule has 1 aromatic carbocycles. The Hall–Kier alpha value is -2.37. The molecule has 0 saturated carbocycles. The molecule has 1 atom stereocenters. The third-order valence-corrected chi connectivity index (χ3v) is 4.38. The van der Waals surface area contributed by atoms with Gasteiger partial charge in [-0.3, -0.25) is 0 Å². The van der Waals surface area contributed by atoms with Gasteiger partial charge in [-0.05, 0) is 44.4 Å². The lowest BCUT2D eigenvalue weighted by molar-refractivity contribution is -0.139. The number of rotatable bonds is 6. The zero-order valence-corrected chi connectivity index (χ0v) is 16.2. The fourth-order valence-electron chi connectivity index (χ4n) is 3.01. The van der Waals surface area contributed by atoms with Gasteiger partial charge in [0.1, 0.15) is 11.9 Å². The maximum atomic E-state index is 13.4. The highest BCUT2D eigenvalue weighted by molar-refractivity contribution is 5.95. The molecule has 1 aliphatic rings. The van der Waals surface area contributed by atoms with Gasteiger partial charge in [0.25, 0.3) is 0 Å². The third-order valence-electron chi connectivity index (χ3n) is 4.38. The standard InChI is InChI=1S/C20H28FN3O2/c1-6-24(7-2)20-22-17(13(4)5)16(19(25)26-8-3)18(23-20)14-9-11-15(21)12-10-14/h9-13,18H,6-8H2,1-5H3,(H,22,23). The summed E-state index contributed by atoms with van der Waals surface area (Å²) >= 11 is 0. The van der Waals surface area contributed by atoms with Crippen LogP contribution in [0.15, 0.2) is 40.5 Å². The lowest BCUT2D eigenvalue weighted by Gasteiger charge is -2.33. The molecule has 1 unspecified atom stereocenters. The lowest BCUT2D eigenvalue weighted by Crippen LogP contribution is -2.45. The topological polar surface area (TPSA) is 53.9 Å². The van der Waals surface area contributed by atoms with Crippen molar-refractivity contribution in [1.82, 2.24) is 10.2 Å². The van der Waals surface area contributed by atoms with Crippen LogP contribution in [-0.4, -0.2) is 36.5 Å². The number of carbonyl (C=O) groups is 1. The van der Waals surface area contributed by atoms with Crippen LogP contribution in [0.4, 0.5) is 4.39 Å². The number of hydrogen-bond acceptors (Lipinski definition) is 5. The highest BCUT2D eigenvalue weighted by Crippen LogP contribution is 2.34. The van der Waals surface area contributed by atoms with Gasteiger partial charge >= 0.3 is 5.97 Å². The van der Waals surface area contributed by atoms with E-state index in [0.29, 0.717) is 5.57 Å². The number of benzene rings is 1. The Morgan fingerprint density at radius 1 is 1.23 bits per heavy atom. The van der Waals surface area contributed by atoms with Crippen molar-refractivity contribution in [3.63, 3.8) is 0 Å². The Kier molecular flexibility index (Phi) is 6.77. The molecule has 1 aliphatic heterocycles. The van der Waals surface area contributed by atoms with E-state index >= 15 is 0 Å². The van der Waals surface area contributed by atoms with Crippen molar-refractivity contribution in [2.45, 2.75) is 40.7 Å². The summed E-state index contributed by atoms with van der Waals surface area (Å²) in [6, 6.07) is 5.60. The van der Waals surface area contributed by atoms with E-state index in [1.807, 2.05) is 13.8 Å².